The summed E-state index contributed by atoms with van der Waals surface area (Å²) in [7, 11) is 9.78. The van der Waals surface area contributed by atoms with Gasteiger partial charge in [-0.25, -0.2) is 0 Å². The van der Waals surface area contributed by atoms with Crippen molar-refractivity contribution in [3.05, 3.63) is 72.7 Å². The van der Waals surface area contributed by atoms with Gasteiger partial charge in [0.1, 0.15) is 0 Å². The Kier molecular flexibility index (Phi) is 6.17. The summed E-state index contributed by atoms with van der Waals surface area (Å²) in [4.78, 5) is 0. The predicted octanol–water partition coefficient (Wildman–Crippen LogP) is 5.90. The number of rotatable bonds is 3. The van der Waals surface area contributed by atoms with Crippen LogP contribution in [0.15, 0.2) is 54.6 Å². The van der Waals surface area contributed by atoms with Gasteiger partial charge in [-0.05, 0) is 11.1 Å². The molecule has 0 radical (unpaired) electrons. The van der Waals surface area contributed by atoms with Gasteiger partial charge in [-0.2, -0.15) is 6.42 Å². The average Bonchev–Trinajstić information content (AvgIpc) is 3.07. The van der Waals surface area contributed by atoms with Crippen molar-refractivity contribution >= 4 is 24.7 Å². The summed E-state index contributed by atoms with van der Waals surface area (Å²) in [5.41, 5.74) is 2.98. The molecule has 0 aromatic heterocycles. The van der Waals surface area contributed by atoms with E-state index >= 15 is 0 Å². The molecular weight excluding hydrogens is 323 g/mol. The van der Waals surface area contributed by atoms with E-state index in [-0.39, 0.29) is 5.41 Å². The summed E-state index contributed by atoms with van der Waals surface area (Å²) in [6.45, 7) is 4.03. The second-order valence-electron chi connectivity index (χ2n) is 4.97. The maximum absolute atomic E-state index is 4.89. The first-order valence-electron chi connectivity index (χ1n) is 6.67. The van der Waals surface area contributed by atoms with Gasteiger partial charge in [-0.1, -0.05) is 67.1 Å². The third kappa shape index (κ3) is 3.31. The molecular formula is C17H17Cl2Ti-. The first kappa shape index (κ1) is 16.1. The molecule has 2 aliphatic rings. The van der Waals surface area contributed by atoms with Gasteiger partial charge in [-0.3, -0.25) is 0 Å². The monoisotopic (exact) mass is 339 g/mol. The number of halogens is 2. The number of allylic oxidation sites excluding steroid dienone is 5. The molecule has 0 bridgehead atoms. The van der Waals surface area contributed by atoms with E-state index in [0.29, 0.717) is 5.92 Å². The Bertz CT molecular complexity index is 520. The molecule has 1 aromatic carbocycles. The Morgan fingerprint density at radius 3 is 2.45 bits per heavy atom. The summed E-state index contributed by atoms with van der Waals surface area (Å²) in [5, 5.41) is 0. The zero-order valence-corrected chi connectivity index (χ0v) is 14.3. The summed E-state index contributed by atoms with van der Waals surface area (Å²) in [6.07, 6.45) is 15.7. The van der Waals surface area contributed by atoms with Crippen LogP contribution >= 0.6 is 18.6 Å². The standard InChI is InChI=1S/C17H17.2ClH.Ti/c1-2-11-17(12-5-6-13-17)16-10-9-14-7-3-4-8-15(14)16;;;/h3-10,12-13,16H,1-2,11H2;2*1H;/q-1;;;+2/p-2. The Hall–Kier alpha value is -0.266. The predicted molar refractivity (Wildman–Crippen MR) is 85.2 cm³/mol. The second-order valence-corrected chi connectivity index (χ2v) is 7.55. The number of hydrogen-bond acceptors (Lipinski definition) is 0. The third-order valence-electron chi connectivity index (χ3n) is 3.91. The van der Waals surface area contributed by atoms with E-state index in [0.717, 1.165) is 12.8 Å². The van der Waals surface area contributed by atoms with E-state index in [1.54, 1.807) is 0 Å². The maximum atomic E-state index is 4.89. The molecule has 1 unspecified atom stereocenters. The Morgan fingerprint density at radius 1 is 1.15 bits per heavy atom. The molecule has 1 aromatic rings. The topological polar surface area (TPSA) is 0 Å². The molecule has 0 N–H and O–H groups in total. The van der Waals surface area contributed by atoms with Crippen molar-refractivity contribution in [1.29, 1.82) is 0 Å². The van der Waals surface area contributed by atoms with Gasteiger partial charge in [0.05, 0.1) is 0 Å². The quantitative estimate of drug-likeness (QED) is 0.475. The average molecular weight is 340 g/mol. The van der Waals surface area contributed by atoms with Crippen molar-refractivity contribution in [3.63, 3.8) is 0 Å². The van der Waals surface area contributed by atoms with E-state index in [9.17, 15) is 0 Å². The molecule has 104 valence electrons. The van der Waals surface area contributed by atoms with Crippen LogP contribution in [0.25, 0.3) is 6.08 Å². The van der Waals surface area contributed by atoms with Crippen molar-refractivity contribution in [1.82, 2.24) is 0 Å². The molecule has 0 aliphatic heterocycles. The SMILES string of the molecule is [CH2-]CCC1(C2C=Cc3ccccc32)C=CC=C1.[Cl][Ti][Cl]. The normalized spacial score (nSPS) is 20.4. The van der Waals surface area contributed by atoms with Crippen LogP contribution in [0, 0.1) is 12.3 Å². The van der Waals surface area contributed by atoms with Gasteiger partial charge < -0.3 is 6.92 Å². The van der Waals surface area contributed by atoms with E-state index < -0.39 is 17.0 Å². The molecule has 0 saturated carbocycles. The molecule has 0 saturated heterocycles. The van der Waals surface area contributed by atoms with Gasteiger partial charge in [0, 0.05) is 11.3 Å². The van der Waals surface area contributed by atoms with E-state index in [2.05, 4.69) is 67.6 Å². The number of benzene rings is 1. The summed E-state index contributed by atoms with van der Waals surface area (Å²) >= 11 is -0.556. The molecule has 0 amide bonds. The summed E-state index contributed by atoms with van der Waals surface area (Å²) in [6, 6.07) is 8.70. The van der Waals surface area contributed by atoms with Crippen LogP contribution in [0.1, 0.15) is 29.9 Å². The van der Waals surface area contributed by atoms with Crippen molar-refractivity contribution in [2.24, 2.45) is 5.41 Å². The first-order chi connectivity index (χ1) is 9.77. The van der Waals surface area contributed by atoms with Crippen LogP contribution in [-0.4, -0.2) is 0 Å². The minimum absolute atomic E-state index is 0.158. The van der Waals surface area contributed by atoms with Crippen LogP contribution in [0.4, 0.5) is 0 Å². The zero-order valence-electron chi connectivity index (χ0n) is 11.2. The van der Waals surface area contributed by atoms with Crippen molar-refractivity contribution in [3.8, 4) is 0 Å². The van der Waals surface area contributed by atoms with Crippen LogP contribution in [0.5, 0.6) is 0 Å². The van der Waals surface area contributed by atoms with Crippen LogP contribution in [0.3, 0.4) is 0 Å². The Labute approximate surface area is 138 Å². The number of hydrogen-bond donors (Lipinski definition) is 0. The van der Waals surface area contributed by atoms with Crippen molar-refractivity contribution in [2.75, 3.05) is 0 Å². The number of fused-ring (bicyclic) bond motifs is 1. The minimum atomic E-state index is -0.556. The van der Waals surface area contributed by atoms with E-state index in [1.807, 2.05) is 0 Å². The summed E-state index contributed by atoms with van der Waals surface area (Å²) < 4.78 is 0. The Morgan fingerprint density at radius 2 is 1.80 bits per heavy atom. The molecule has 3 rings (SSSR count). The van der Waals surface area contributed by atoms with Gasteiger partial charge >= 0.3 is 35.6 Å². The van der Waals surface area contributed by atoms with Crippen LogP contribution < -0.4 is 0 Å². The van der Waals surface area contributed by atoms with Crippen molar-refractivity contribution < 1.29 is 17.0 Å². The molecule has 3 heteroatoms. The van der Waals surface area contributed by atoms with Gasteiger partial charge in [0.2, 0.25) is 0 Å². The third-order valence-corrected chi connectivity index (χ3v) is 3.91. The second kappa shape index (κ2) is 7.66. The first-order valence-corrected chi connectivity index (χ1v) is 11.0. The fourth-order valence-electron chi connectivity index (χ4n) is 3.08. The molecule has 2 aliphatic carbocycles. The van der Waals surface area contributed by atoms with Crippen molar-refractivity contribution in [2.45, 2.75) is 18.8 Å². The fraction of sp³-hybridized carbons (Fsp3) is 0.235. The van der Waals surface area contributed by atoms with E-state index in [4.69, 9.17) is 18.6 Å². The van der Waals surface area contributed by atoms with Gasteiger partial charge in [0.15, 0.2) is 0 Å². The molecule has 20 heavy (non-hydrogen) atoms. The summed E-state index contributed by atoms with van der Waals surface area (Å²) in [5.74, 6) is 0.482. The molecule has 0 spiro atoms. The molecule has 0 fully saturated rings. The van der Waals surface area contributed by atoms with Gasteiger partial charge in [-0.15, -0.1) is 0 Å². The zero-order chi connectivity index (χ0) is 14.4. The molecule has 0 nitrogen and oxygen atoms in total. The molecule has 1 atom stereocenters. The van der Waals surface area contributed by atoms with E-state index in [1.165, 1.54) is 11.1 Å². The fourth-order valence-corrected chi connectivity index (χ4v) is 3.08. The molecule has 0 heterocycles. The van der Waals surface area contributed by atoms with Gasteiger partial charge in [0.25, 0.3) is 0 Å². The Balaban J connectivity index is 0.000000452. The van der Waals surface area contributed by atoms with Crippen LogP contribution in [0.2, 0.25) is 0 Å². The van der Waals surface area contributed by atoms with Crippen LogP contribution in [-0.2, 0) is 17.0 Å².